The molecular weight excluding hydrogens is 416 g/mol. The van der Waals surface area contributed by atoms with Crippen LogP contribution in [0.25, 0.3) is 0 Å². The molecule has 0 aromatic heterocycles. The van der Waals surface area contributed by atoms with Crippen LogP contribution in [0.4, 0.5) is 11.4 Å². The van der Waals surface area contributed by atoms with E-state index < -0.39 is 0 Å². The Labute approximate surface area is 194 Å². The summed E-state index contributed by atoms with van der Waals surface area (Å²) in [5, 5.41) is 10.9. The number of amides is 1. The van der Waals surface area contributed by atoms with E-state index in [0.717, 1.165) is 43.0 Å². The quantitative estimate of drug-likeness (QED) is 0.407. The average Bonchev–Trinajstić information content (AvgIpc) is 2.86. The minimum absolute atomic E-state index is 0.0801. The number of piperazine rings is 1. The summed E-state index contributed by atoms with van der Waals surface area (Å²) < 4.78 is 0. The van der Waals surface area contributed by atoms with E-state index in [4.69, 9.17) is 0 Å². The number of nitro groups is 1. The first-order valence-corrected chi connectivity index (χ1v) is 11.1. The molecule has 1 heterocycles. The molecule has 0 N–H and O–H groups in total. The molecule has 170 valence electrons. The van der Waals surface area contributed by atoms with Gasteiger partial charge < -0.3 is 9.80 Å². The van der Waals surface area contributed by atoms with Gasteiger partial charge in [-0.3, -0.25) is 19.8 Å². The fraction of sp³-hybridized carbons (Fsp3) is 0.269. The first kappa shape index (κ1) is 22.5. The molecule has 0 saturated carbocycles. The lowest BCUT2D eigenvalue weighted by molar-refractivity contribution is -0.384. The van der Waals surface area contributed by atoms with Gasteiger partial charge in [0.1, 0.15) is 0 Å². The molecule has 3 aromatic rings. The molecule has 1 aliphatic heterocycles. The molecule has 0 unspecified atom stereocenters. The summed E-state index contributed by atoms with van der Waals surface area (Å²) >= 11 is 0. The van der Waals surface area contributed by atoms with E-state index >= 15 is 0 Å². The SMILES string of the molecule is CN(C(=O)CN1CCN(c2ccc([N+](=O)[O-])cc2)CC1)C(c1ccccc1)c1ccccc1. The standard InChI is InChI=1S/C26H28N4O3/c1-27(26(21-8-4-2-5-9-21)22-10-6-3-7-11-22)25(31)20-28-16-18-29(19-17-28)23-12-14-24(15-13-23)30(32)33/h2-15,26H,16-20H2,1H3. The molecule has 33 heavy (non-hydrogen) atoms. The first-order valence-electron chi connectivity index (χ1n) is 11.1. The number of anilines is 1. The van der Waals surface area contributed by atoms with Crippen molar-refractivity contribution in [2.75, 3.05) is 44.7 Å². The minimum atomic E-state index is -0.387. The Bertz CT molecular complexity index is 1030. The van der Waals surface area contributed by atoms with E-state index in [-0.39, 0.29) is 22.6 Å². The Balaban J connectivity index is 1.39. The maximum atomic E-state index is 13.3. The number of hydrogen-bond acceptors (Lipinski definition) is 5. The number of carbonyl (C=O) groups is 1. The van der Waals surface area contributed by atoms with Crippen molar-refractivity contribution in [3.63, 3.8) is 0 Å². The van der Waals surface area contributed by atoms with E-state index in [9.17, 15) is 14.9 Å². The van der Waals surface area contributed by atoms with Crippen molar-refractivity contribution in [1.82, 2.24) is 9.80 Å². The molecule has 7 nitrogen and oxygen atoms in total. The fourth-order valence-electron chi connectivity index (χ4n) is 4.31. The van der Waals surface area contributed by atoms with Gasteiger partial charge in [0, 0.05) is 51.0 Å². The zero-order valence-corrected chi connectivity index (χ0v) is 18.7. The highest BCUT2D eigenvalue weighted by Crippen LogP contribution is 2.28. The van der Waals surface area contributed by atoms with Crippen LogP contribution in [0.5, 0.6) is 0 Å². The zero-order valence-electron chi connectivity index (χ0n) is 18.7. The van der Waals surface area contributed by atoms with E-state index in [1.807, 2.05) is 48.3 Å². The Hall–Kier alpha value is -3.71. The van der Waals surface area contributed by atoms with Crippen LogP contribution in [-0.2, 0) is 4.79 Å². The molecule has 1 fully saturated rings. The maximum Gasteiger partial charge on any atom is 0.269 e. The number of rotatable bonds is 7. The highest BCUT2D eigenvalue weighted by atomic mass is 16.6. The highest BCUT2D eigenvalue weighted by molar-refractivity contribution is 5.79. The summed E-state index contributed by atoms with van der Waals surface area (Å²) in [6, 6.07) is 26.7. The van der Waals surface area contributed by atoms with Crippen LogP contribution in [0.15, 0.2) is 84.9 Å². The summed E-state index contributed by atoms with van der Waals surface area (Å²) in [6.45, 7) is 3.43. The molecule has 1 aliphatic rings. The number of benzene rings is 3. The van der Waals surface area contributed by atoms with Gasteiger partial charge in [-0.25, -0.2) is 0 Å². The molecule has 0 aliphatic carbocycles. The first-order chi connectivity index (χ1) is 16.0. The Morgan fingerprint density at radius 1 is 0.879 bits per heavy atom. The van der Waals surface area contributed by atoms with Crippen molar-refractivity contribution in [2.45, 2.75) is 6.04 Å². The third-order valence-corrected chi connectivity index (χ3v) is 6.17. The molecular formula is C26H28N4O3. The van der Waals surface area contributed by atoms with Crippen LogP contribution in [0.3, 0.4) is 0 Å². The zero-order chi connectivity index (χ0) is 23.2. The second-order valence-corrected chi connectivity index (χ2v) is 8.27. The van der Waals surface area contributed by atoms with E-state index in [0.29, 0.717) is 6.54 Å². The molecule has 4 rings (SSSR count). The molecule has 0 atom stereocenters. The summed E-state index contributed by atoms with van der Waals surface area (Å²) in [5.41, 5.74) is 3.24. The van der Waals surface area contributed by atoms with Crippen LogP contribution in [0.2, 0.25) is 0 Å². The predicted octanol–water partition coefficient (Wildman–Crippen LogP) is 3.96. The lowest BCUT2D eigenvalue weighted by Crippen LogP contribution is -2.50. The van der Waals surface area contributed by atoms with Crippen molar-refractivity contribution in [3.8, 4) is 0 Å². The number of likely N-dealkylation sites (N-methyl/N-ethyl adjacent to an activating group) is 1. The van der Waals surface area contributed by atoms with Gasteiger partial charge in [-0.1, -0.05) is 60.7 Å². The van der Waals surface area contributed by atoms with Gasteiger partial charge >= 0.3 is 0 Å². The van der Waals surface area contributed by atoms with Crippen LogP contribution >= 0.6 is 0 Å². The van der Waals surface area contributed by atoms with Crippen LogP contribution in [-0.4, -0.2) is 60.4 Å². The highest BCUT2D eigenvalue weighted by Gasteiger charge is 2.26. The van der Waals surface area contributed by atoms with Gasteiger partial charge in [0.25, 0.3) is 5.69 Å². The molecule has 3 aromatic carbocycles. The third-order valence-electron chi connectivity index (χ3n) is 6.17. The topological polar surface area (TPSA) is 69.9 Å². The minimum Gasteiger partial charge on any atom is -0.369 e. The summed E-state index contributed by atoms with van der Waals surface area (Å²) in [5.74, 6) is 0.0801. The normalized spacial score (nSPS) is 14.3. The molecule has 1 amide bonds. The number of nitrogens with zero attached hydrogens (tertiary/aromatic N) is 4. The van der Waals surface area contributed by atoms with Gasteiger partial charge in [0.2, 0.25) is 5.91 Å². The van der Waals surface area contributed by atoms with E-state index in [1.165, 1.54) is 12.1 Å². The van der Waals surface area contributed by atoms with Crippen LogP contribution in [0, 0.1) is 10.1 Å². The predicted molar refractivity (Wildman–Crippen MR) is 129 cm³/mol. The van der Waals surface area contributed by atoms with Crippen LogP contribution < -0.4 is 4.90 Å². The van der Waals surface area contributed by atoms with Gasteiger partial charge in [-0.2, -0.15) is 0 Å². The Morgan fingerprint density at radius 2 is 1.39 bits per heavy atom. The average molecular weight is 445 g/mol. The number of non-ortho nitro benzene ring substituents is 1. The van der Waals surface area contributed by atoms with Gasteiger partial charge in [-0.15, -0.1) is 0 Å². The second kappa shape index (κ2) is 10.3. The Kier molecular flexibility index (Phi) is 7.00. The van der Waals surface area contributed by atoms with Crippen molar-refractivity contribution in [2.24, 2.45) is 0 Å². The summed E-state index contributed by atoms with van der Waals surface area (Å²) in [4.78, 5) is 30.0. The van der Waals surface area contributed by atoms with Crippen molar-refractivity contribution >= 4 is 17.3 Å². The van der Waals surface area contributed by atoms with Crippen molar-refractivity contribution in [3.05, 3.63) is 106 Å². The molecule has 1 saturated heterocycles. The monoisotopic (exact) mass is 444 g/mol. The lowest BCUT2D eigenvalue weighted by Gasteiger charge is -2.37. The number of nitro benzene ring substituents is 1. The van der Waals surface area contributed by atoms with Gasteiger partial charge in [-0.05, 0) is 23.3 Å². The maximum absolute atomic E-state index is 13.3. The molecule has 0 spiro atoms. The summed E-state index contributed by atoms with van der Waals surface area (Å²) in [7, 11) is 1.88. The van der Waals surface area contributed by atoms with Gasteiger partial charge in [0.15, 0.2) is 0 Å². The second-order valence-electron chi connectivity index (χ2n) is 8.27. The smallest absolute Gasteiger partial charge is 0.269 e. The number of carbonyl (C=O) groups excluding carboxylic acids is 1. The van der Waals surface area contributed by atoms with Gasteiger partial charge in [0.05, 0.1) is 17.5 Å². The number of hydrogen-bond donors (Lipinski definition) is 0. The van der Waals surface area contributed by atoms with Crippen molar-refractivity contribution in [1.29, 1.82) is 0 Å². The third kappa shape index (κ3) is 5.38. The van der Waals surface area contributed by atoms with E-state index in [2.05, 4.69) is 34.1 Å². The fourth-order valence-corrected chi connectivity index (χ4v) is 4.31. The molecule has 0 bridgehead atoms. The van der Waals surface area contributed by atoms with Crippen LogP contribution in [0.1, 0.15) is 17.2 Å². The van der Waals surface area contributed by atoms with E-state index in [1.54, 1.807) is 12.1 Å². The molecule has 0 radical (unpaired) electrons. The Morgan fingerprint density at radius 3 is 1.88 bits per heavy atom. The largest absolute Gasteiger partial charge is 0.369 e. The van der Waals surface area contributed by atoms with Crippen molar-refractivity contribution < 1.29 is 9.72 Å². The summed E-state index contributed by atoms with van der Waals surface area (Å²) in [6.07, 6.45) is 0. The lowest BCUT2D eigenvalue weighted by atomic mass is 9.97. The molecule has 7 heteroatoms.